The summed E-state index contributed by atoms with van der Waals surface area (Å²) in [5, 5.41) is 3.24. The van der Waals surface area contributed by atoms with Crippen LogP contribution in [0.5, 0.6) is 5.75 Å². The Morgan fingerprint density at radius 2 is 1.90 bits per heavy atom. The van der Waals surface area contributed by atoms with Crippen LogP contribution in [-0.4, -0.2) is 65.5 Å². The number of carbonyl (C=O) groups is 1. The summed E-state index contributed by atoms with van der Waals surface area (Å²) < 4.78 is 18.8. The number of aromatic nitrogens is 2. The molecule has 0 saturated carbocycles. The minimum Gasteiger partial charge on any atom is -0.481 e. The summed E-state index contributed by atoms with van der Waals surface area (Å²) in [5.41, 5.74) is 2.34. The fraction of sp³-hybridized carbons (Fsp3) is 0.522. The molecule has 2 aliphatic rings. The molecule has 0 aliphatic carbocycles. The van der Waals surface area contributed by atoms with Crippen molar-refractivity contribution in [3.05, 3.63) is 47.2 Å². The van der Waals surface area contributed by atoms with Crippen LogP contribution in [0.25, 0.3) is 0 Å². The molecular formula is C23H30FN5O2. The van der Waals surface area contributed by atoms with Gasteiger partial charge in [0.25, 0.3) is 5.91 Å². The number of nitrogens with zero attached hydrogens (tertiary/aromatic N) is 4. The molecule has 1 atom stereocenters. The van der Waals surface area contributed by atoms with Gasteiger partial charge in [0.1, 0.15) is 23.2 Å². The zero-order valence-electron chi connectivity index (χ0n) is 18.4. The summed E-state index contributed by atoms with van der Waals surface area (Å²) in [4.78, 5) is 26.7. The number of piperidine rings is 1. The van der Waals surface area contributed by atoms with Gasteiger partial charge in [-0.05, 0) is 57.5 Å². The van der Waals surface area contributed by atoms with Crippen molar-refractivity contribution < 1.29 is 13.9 Å². The smallest absolute Gasteiger partial charge is 0.263 e. The van der Waals surface area contributed by atoms with Gasteiger partial charge in [0.2, 0.25) is 0 Å². The topological polar surface area (TPSA) is 70.6 Å². The Labute approximate surface area is 182 Å². The number of benzene rings is 1. The first-order valence-corrected chi connectivity index (χ1v) is 10.9. The second-order valence-corrected chi connectivity index (χ2v) is 8.41. The molecule has 0 unspecified atom stereocenters. The molecule has 0 bridgehead atoms. The van der Waals surface area contributed by atoms with E-state index in [0.29, 0.717) is 18.8 Å². The maximum Gasteiger partial charge on any atom is 0.263 e. The van der Waals surface area contributed by atoms with Gasteiger partial charge in [-0.25, -0.2) is 14.4 Å². The number of likely N-dealkylation sites (N-methyl/N-ethyl adjacent to an activating group) is 1. The second-order valence-electron chi connectivity index (χ2n) is 8.41. The van der Waals surface area contributed by atoms with Crippen LogP contribution in [0.1, 0.15) is 42.8 Å². The third-order valence-electron chi connectivity index (χ3n) is 6.16. The van der Waals surface area contributed by atoms with Crippen molar-refractivity contribution in [2.75, 3.05) is 39.0 Å². The fourth-order valence-electron chi connectivity index (χ4n) is 4.35. The van der Waals surface area contributed by atoms with E-state index in [1.54, 1.807) is 6.92 Å². The third kappa shape index (κ3) is 4.79. The number of amides is 1. The number of likely N-dealkylation sites (tertiary alicyclic amines) is 1. The average Bonchev–Trinajstić information content (AvgIpc) is 2.79. The zero-order valence-corrected chi connectivity index (χ0v) is 18.4. The van der Waals surface area contributed by atoms with Gasteiger partial charge in [-0.2, -0.15) is 0 Å². The highest BCUT2D eigenvalue weighted by molar-refractivity contribution is 5.81. The molecule has 166 valence electrons. The molecule has 8 heteroatoms. The highest BCUT2D eigenvalue weighted by atomic mass is 19.1. The van der Waals surface area contributed by atoms with Crippen LogP contribution in [0, 0.1) is 5.82 Å². The van der Waals surface area contributed by atoms with Gasteiger partial charge in [0, 0.05) is 44.7 Å². The monoisotopic (exact) mass is 427 g/mol. The molecule has 3 heterocycles. The fourth-order valence-corrected chi connectivity index (χ4v) is 4.35. The van der Waals surface area contributed by atoms with Crippen molar-refractivity contribution in [3.63, 3.8) is 0 Å². The van der Waals surface area contributed by atoms with Gasteiger partial charge >= 0.3 is 0 Å². The first-order chi connectivity index (χ1) is 14.9. The lowest BCUT2D eigenvalue weighted by atomic mass is 9.94. The summed E-state index contributed by atoms with van der Waals surface area (Å²) in [5.74, 6) is 2.16. The van der Waals surface area contributed by atoms with Crippen LogP contribution in [0.4, 0.5) is 10.2 Å². The van der Waals surface area contributed by atoms with Gasteiger partial charge in [0.15, 0.2) is 6.10 Å². The van der Waals surface area contributed by atoms with Crippen molar-refractivity contribution in [3.8, 4) is 5.75 Å². The Morgan fingerprint density at radius 1 is 1.19 bits per heavy atom. The number of halogens is 1. The molecule has 2 aromatic rings. The van der Waals surface area contributed by atoms with Crippen LogP contribution in [-0.2, 0) is 17.8 Å². The molecule has 0 spiro atoms. The van der Waals surface area contributed by atoms with Crippen molar-refractivity contribution in [2.45, 2.75) is 44.8 Å². The molecule has 1 saturated heterocycles. The maximum atomic E-state index is 13.1. The number of rotatable bonds is 5. The molecule has 31 heavy (non-hydrogen) atoms. The summed E-state index contributed by atoms with van der Waals surface area (Å²) >= 11 is 0. The zero-order chi connectivity index (χ0) is 22.0. The molecule has 1 amide bonds. The molecule has 1 N–H and O–H groups in total. The van der Waals surface area contributed by atoms with Crippen molar-refractivity contribution in [1.29, 1.82) is 0 Å². The highest BCUT2D eigenvalue weighted by Crippen LogP contribution is 2.30. The molecule has 7 nitrogen and oxygen atoms in total. The predicted molar refractivity (Wildman–Crippen MR) is 117 cm³/mol. The van der Waals surface area contributed by atoms with Crippen molar-refractivity contribution in [2.24, 2.45) is 0 Å². The molecule has 1 aromatic heterocycles. The Bertz CT molecular complexity index is 928. The molecule has 2 aliphatic heterocycles. The number of hydrogen-bond acceptors (Lipinski definition) is 6. The van der Waals surface area contributed by atoms with E-state index >= 15 is 0 Å². The average molecular weight is 428 g/mol. The Balaban J connectivity index is 1.38. The second kappa shape index (κ2) is 9.18. The number of ether oxygens (including phenoxy) is 1. The van der Waals surface area contributed by atoms with Crippen LogP contribution >= 0.6 is 0 Å². The van der Waals surface area contributed by atoms with E-state index in [-0.39, 0.29) is 17.6 Å². The SMILES string of the molecule is CNc1nc(C2CCN(C(=O)[C@@H](C)Oc3ccc(F)cc3)CC2)nc2c1CCN(C)C2. The van der Waals surface area contributed by atoms with Crippen LogP contribution in [0.15, 0.2) is 24.3 Å². The van der Waals surface area contributed by atoms with E-state index in [9.17, 15) is 9.18 Å². The number of fused-ring (bicyclic) bond motifs is 1. The van der Waals surface area contributed by atoms with Gasteiger partial charge in [0.05, 0.1) is 5.69 Å². The minimum atomic E-state index is -0.617. The van der Waals surface area contributed by atoms with E-state index < -0.39 is 6.10 Å². The maximum absolute atomic E-state index is 13.1. The number of carbonyl (C=O) groups excluding carboxylic acids is 1. The van der Waals surface area contributed by atoms with Gasteiger partial charge < -0.3 is 19.9 Å². The van der Waals surface area contributed by atoms with E-state index in [4.69, 9.17) is 14.7 Å². The first kappa shape index (κ1) is 21.5. The predicted octanol–water partition coefficient (Wildman–Crippen LogP) is 2.82. The molecule has 0 radical (unpaired) electrons. The van der Waals surface area contributed by atoms with E-state index in [2.05, 4.69) is 17.3 Å². The van der Waals surface area contributed by atoms with Crippen LogP contribution < -0.4 is 10.1 Å². The summed E-state index contributed by atoms with van der Waals surface area (Å²) in [6.07, 6.45) is 1.99. The third-order valence-corrected chi connectivity index (χ3v) is 6.16. The Kier molecular flexibility index (Phi) is 6.36. The molecular weight excluding hydrogens is 397 g/mol. The van der Waals surface area contributed by atoms with Crippen LogP contribution in [0.3, 0.4) is 0 Å². The quantitative estimate of drug-likeness (QED) is 0.791. The van der Waals surface area contributed by atoms with Gasteiger partial charge in [-0.1, -0.05) is 0 Å². The summed E-state index contributed by atoms with van der Waals surface area (Å²) in [6, 6.07) is 5.73. The first-order valence-electron chi connectivity index (χ1n) is 10.9. The normalized spacial score (nSPS) is 18.4. The highest BCUT2D eigenvalue weighted by Gasteiger charge is 2.30. The van der Waals surface area contributed by atoms with Gasteiger partial charge in [-0.15, -0.1) is 0 Å². The Morgan fingerprint density at radius 3 is 2.58 bits per heavy atom. The van der Waals surface area contributed by atoms with E-state index in [1.165, 1.54) is 29.8 Å². The van der Waals surface area contributed by atoms with Crippen LogP contribution in [0.2, 0.25) is 0 Å². The van der Waals surface area contributed by atoms with Gasteiger partial charge in [-0.3, -0.25) is 4.79 Å². The van der Waals surface area contributed by atoms with E-state index in [1.807, 2.05) is 11.9 Å². The standard InChI is InChI=1S/C23H30FN5O2/c1-15(31-18-6-4-17(24)5-7-18)23(30)29-12-8-16(9-13-29)21-26-20-14-28(3)11-10-19(20)22(25-2)27-21/h4-7,15-16H,8-14H2,1-3H3,(H,25,26,27)/t15-/m1/s1. The molecule has 1 aromatic carbocycles. The molecule has 4 rings (SSSR count). The Hall–Kier alpha value is -2.74. The largest absolute Gasteiger partial charge is 0.481 e. The number of anilines is 1. The summed E-state index contributed by atoms with van der Waals surface area (Å²) in [6.45, 7) is 4.89. The van der Waals surface area contributed by atoms with Crippen molar-refractivity contribution >= 4 is 11.7 Å². The number of hydrogen-bond donors (Lipinski definition) is 1. The van der Waals surface area contributed by atoms with E-state index in [0.717, 1.165) is 49.7 Å². The lowest BCUT2D eigenvalue weighted by Gasteiger charge is -2.33. The lowest BCUT2D eigenvalue weighted by molar-refractivity contribution is -0.139. The number of nitrogens with one attached hydrogen (secondary N) is 1. The lowest BCUT2D eigenvalue weighted by Crippen LogP contribution is -2.44. The minimum absolute atomic E-state index is 0.0494. The molecule has 1 fully saturated rings. The summed E-state index contributed by atoms with van der Waals surface area (Å²) in [7, 11) is 4.03. The van der Waals surface area contributed by atoms with Crippen molar-refractivity contribution in [1.82, 2.24) is 19.8 Å².